The summed E-state index contributed by atoms with van der Waals surface area (Å²) in [5.41, 5.74) is 7.00. The second-order valence-electron chi connectivity index (χ2n) is 4.37. The Hall–Kier alpha value is -2.43. The summed E-state index contributed by atoms with van der Waals surface area (Å²) in [6.45, 7) is 0.244. The number of benzene rings is 1. The van der Waals surface area contributed by atoms with E-state index in [1.165, 1.54) is 18.2 Å². The number of nitrogen functional groups attached to an aromatic ring is 1. The van der Waals surface area contributed by atoms with Crippen LogP contribution in [0.15, 0.2) is 47.6 Å². The predicted molar refractivity (Wildman–Crippen MR) is 78.7 cm³/mol. The van der Waals surface area contributed by atoms with Crippen molar-refractivity contribution in [2.24, 2.45) is 0 Å². The minimum atomic E-state index is -3.69. The average Bonchev–Trinajstić information content (AvgIpc) is 2.47. The van der Waals surface area contributed by atoms with Gasteiger partial charge in [0.15, 0.2) is 0 Å². The second kappa shape index (κ2) is 6.35. The number of nitrogens with two attached hydrogens (primary N) is 1. The summed E-state index contributed by atoms with van der Waals surface area (Å²) >= 11 is 0. The van der Waals surface area contributed by atoms with Crippen molar-refractivity contribution in [2.45, 2.75) is 11.3 Å². The van der Waals surface area contributed by atoms with E-state index in [9.17, 15) is 8.42 Å². The zero-order chi connectivity index (χ0) is 15.3. The highest BCUT2D eigenvalue weighted by Crippen LogP contribution is 2.19. The molecule has 108 valence electrons. The van der Waals surface area contributed by atoms with Gasteiger partial charge in [-0.1, -0.05) is 6.07 Å². The molecule has 1 aromatic carbocycles. The van der Waals surface area contributed by atoms with Crippen molar-refractivity contribution in [2.75, 3.05) is 12.3 Å². The fourth-order valence-corrected chi connectivity index (χ4v) is 2.96. The molecule has 0 bridgehead atoms. The lowest BCUT2D eigenvalue weighted by Gasteiger charge is -2.09. The summed E-state index contributed by atoms with van der Waals surface area (Å²) in [5, 5.41) is 8.75. The zero-order valence-electron chi connectivity index (χ0n) is 11.2. The monoisotopic (exact) mass is 302 g/mol. The van der Waals surface area contributed by atoms with E-state index >= 15 is 0 Å². The molecule has 0 saturated carbocycles. The Kier molecular flexibility index (Phi) is 4.52. The second-order valence-corrected chi connectivity index (χ2v) is 6.11. The summed E-state index contributed by atoms with van der Waals surface area (Å²) < 4.78 is 26.8. The third kappa shape index (κ3) is 3.78. The first-order valence-electron chi connectivity index (χ1n) is 6.21. The third-order valence-electron chi connectivity index (χ3n) is 2.86. The maximum Gasteiger partial charge on any atom is 0.242 e. The van der Waals surface area contributed by atoms with Gasteiger partial charge in [-0.2, -0.15) is 5.26 Å². The molecule has 0 aliphatic rings. The van der Waals surface area contributed by atoms with Crippen molar-refractivity contribution in [1.29, 1.82) is 5.26 Å². The highest BCUT2D eigenvalue weighted by molar-refractivity contribution is 7.89. The van der Waals surface area contributed by atoms with Gasteiger partial charge >= 0.3 is 0 Å². The molecule has 0 radical (unpaired) electrons. The van der Waals surface area contributed by atoms with E-state index in [-0.39, 0.29) is 17.1 Å². The fourth-order valence-electron chi connectivity index (χ4n) is 1.82. The molecular formula is C14H14N4O2S. The third-order valence-corrected chi connectivity index (χ3v) is 4.39. The van der Waals surface area contributed by atoms with Crippen LogP contribution in [0, 0.1) is 11.3 Å². The number of hydrogen-bond acceptors (Lipinski definition) is 5. The van der Waals surface area contributed by atoms with Crippen molar-refractivity contribution in [3.63, 3.8) is 0 Å². The van der Waals surface area contributed by atoms with Gasteiger partial charge in [0.2, 0.25) is 10.0 Å². The number of anilines is 1. The molecule has 0 unspecified atom stereocenters. The molecular weight excluding hydrogens is 288 g/mol. The van der Waals surface area contributed by atoms with E-state index in [1.54, 1.807) is 18.5 Å². The quantitative estimate of drug-likeness (QED) is 0.803. The van der Waals surface area contributed by atoms with Crippen LogP contribution in [0.5, 0.6) is 0 Å². The van der Waals surface area contributed by atoms with Crippen LogP contribution in [0.2, 0.25) is 0 Å². The first-order valence-corrected chi connectivity index (χ1v) is 7.69. The number of nitrogens with zero attached hydrogens (tertiary/aromatic N) is 2. The van der Waals surface area contributed by atoms with Gasteiger partial charge in [0.1, 0.15) is 4.90 Å². The minimum absolute atomic E-state index is 0.0207. The Morgan fingerprint density at radius 1 is 1.33 bits per heavy atom. The standard InChI is InChI=1S/C14H14N4O2S/c15-9-12-3-4-14(13(16)8-12)21(19,20)18-7-5-11-2-1-6-17-10-11/h1-4,6,8,10,18H,5,7,16H2. The highest BCUT2D eigenvalue weighted by atomic mass is 32.2. The normalized spacial score (nSPS) is 11.0. The zero-order valence-corrected chi connectivity index (χ0v) is 12.0. The van der Waals surface area contributed by atoms with Crippen LogP contribution < -0.4 is 10.5 Å². The number of sulfonamides is 1. The Balaban J connectivity index is 2.07. The first-order chi connectivity index (χ1) is 10.0. The Bertz CT molecular complexity index is 767. The molecule has 0 aliphatic carbocycles. The van der Waals surface area contributed by atoms with Crippen LogP contribution in [0.25, 0.3) is 0 Å². The Labute approximate surface area is 123 Å². The van der Waals surface area contributed by atoms with E-state index in [4.69, 9.17) is 11.0 Å². The molecule has 7 heteroatoms. The maximum absolute atomic E-state index is 12.2. The van der Waals surface area contributed by atoms with Gasteiger partial charge in [-0.05, 0) is 36.2 Å². The summed E-state index contributed by atoms with van der Waals surface area (Å²) in [6.07, 6.45) is 3.87. The molecule has 2 aromatic rings. The van der Waals surface area contributed by atoms with Crippen LogP contribution in [0.1, 0.15) is 11.1 Å². The van der Waals surface area contributed by atoms with E-state index in [2.05, 4.69) is 9.71 Å². The topological polar surface area (TPSA) is 109 Å². The molecule has 3 N–H and O–H groups in total. The summed E-state index contributed by atoms with van der Waals surface area (Å²) in [5.74, 6) is 0. The molecule has 0 aliphatic heterocycles. The van der Waals surface area contributed by atoms with Crippen molar-refractivity contribution in [3.05, 3.63) is 53.9 Å². The predicted octanol–water partition coefficient (Wildman–Crippen LogP) is 1.06. The van der Waals surface area contributed by atoms with Crippen molar-refractivity contribution in [3.8, 4) is 6.07 Å². The fraction of sp³-hybridized carbons (Fsp3) is 0.143. The summed E-state index contributed by atoms with van der Waals surface area (Å²) in [4.78, 5) is 3.94. The van der Waals surface area contributed by atoms with Gasteiger partial charge in [0, 0.05) is 18.9 Å². The molecule has 0 fully saturated rings. The van der Waals surface area contributed by atoms with Crippen LogP contribution in [-0.2, 0) is 16.4 Å². The molecule has 0 spiro atoms. The average molecular weight is 302 g/mol. The summed E-state index contributed by atoms with van der Waals surface area (Å²) in [7, 11) is -3.69. The van der Waals surface area contributed by atoms with Gasteiger partial charge in [-0.15, -0.1) is 0 Å². The lowest BCUT2D eigenvalue weighted by Crippen LogP contribution is -2.26. The van der Waals surface area contributed by atoms with E-state index < -0.39 is 10.0 Å². The number of nitriles is 1. The molecule has 0 saturated heterocycles. The van der Waals surface area contributed by atoms with E-state index in [0.29, 0.717) is 12.0 Å². The molecule has 6 nitrogen and oxygen atoms in total. The SMILES string of the molecule is N#Cc1ccc(S(=O)(=O)NCCc2cccnc2)c(N)c1. The molecule has 21 heavy (non-hydrogen) atoms. The van der Waals surface area contributed by atoms with Gasteiger partial charge in [-0.25, -0.2) is 13.1 Å². The van der Waals surface area contributed by atoms with E-state index in [0.717, 1.165) is 5.56 Å². The van der Waals surface area contributed by atoms with Crippen LogP contribution in [0.4, 0.5) is 5.69 Å². The number of rotatable bonds is 5. The Morgan fingerprint density at radius 2 is 2.14 bits per heavy atom. The molecule has 0 atom stereocenters. The van der Waals surface area contributed by atoms with Crippen molar-refractivity contribution < 1.29 is 8.42 Å². The van der Waals surface area contributed by atoms with Crippen LogP contribution >= 0.6 is 0 Å². The van der Waals surface area contributed by atoms with Gasteiger partial charge in [-0.3, -0.25) is 4.98 Å². The highest BCUT2D eigenvalue weighted by Gasteiger charge is 2.17. The molecule has 0 amide bonds. The molecule has 1 heterocycles. The number of aromatic nitrogens is 1. The van der Waals surface area contributed by atoms with Crippen molar-refractivity contribution >= 4 is 15.7 Å². The smallest absolute Gasteiger partial charge is 0.242 e. The van der Waals surface area contributed by atoms with Gasteiger partial charge in [0.05, 0.1) is 17.3 Å². The first kappa shape index (κ1) is 15.0. The van der Waals surface area contributed by atoms with Gasteiger partial charge < -0.3 is 5.73 Å². The van der Waals surface area contributed by atoms with E-state index in [1.807, 2.05) is 12.1 Å². The molecule has 1 aromatic heterocycles. The lowest BCUT2D eigenvalue weighted by atomic mass is 10.2. The number of pyridine rings is 1. The van der Waals surface area contributed by atoms with Gasteiger partial charge in [0.25, 0.3) is 0 Å². The Morgan fingerprint density at radius 3 is 2.76 bits per heavy atom. The van der Waals surface area contributed by atoms with Crippen LogP contribution in [-0.4, -0.2) is 19.9 Å². The molecule has 2 rings (SSSR count). The van der Waals surface area contributed by atoms with Crippen LogP contribution in [0.3, 0.4) is 0 Å². The number of nitrogens with one attached hydrogen (secondary N) is 1. The minimum Gasteiger partial charge on any atom is -0.398 e. The largest absolute Gasteiger partial charge is 0.398 e. The van der Waals surface area contributed by atoms with Crippen molar-refractivity contribution in [1.82, 2.24) is 9.71 Å². The lowest BCUT2D eigenvalue weighted by molar-refractivity contribution is 0.582. The maximum atomic E-state index is 12.2. The summed E-state index contributed by atoms with van der Waals surface area (Å²) in [6, 6.07) is 9.67. The number of hydrogen-bond donors (Lipinski definition) is 2.